The predicted octanol–water partition coefficient (Wildman–Crippen LogP) is 0.262. The molecule has 0 bridgehead atoms. The van der Waals surface area contributed by atoms with E-state index in [-0.39, 0.29) is 5.97 Å². The van der Waals surface area contributed by atoms with Gasteiger partial charge in [0.2, 0.25) is 0 Å². The number of nitrogens with zero attached hydrogens (tertiary/aromatic N) is 1. The third-order valence-corrected chi connectivity index (χ3v) is 2.64. The Labute approximate surface area is 98.3 Å². The number of esters is 1. The molecule has 2 N–H and O–H groups in total. The third kappa shape index (κ3) is 2.53. The van der Waals surface area contributed by atoms with Crippen LogP contribution in [0.1, 0.15) is 15.9 Å². The summed E-state index contributed by atoms with van der Waals surface area (Å²) in [5.41, 5.74) is 6.87. The fraction of sp³-hybridized carbons (Fsp3) is 0.111. The van der Waals surface area contributed by atoms with E-state index in [1.54, 1.807) is 18.2 Å². The first-order chi connectivity index (χ1) is 6.69. The predicted molar refractivity (Wildman–Crippen MR) is 54.3 cm³/mol. The van der Waals surface area contributed by atoms with Gasteiger partial charge in [-0.2, -0.15) is 0 Å². The van der Waals surface area contributed by atoms with Gasteiger partial charge in [-0.05, 0) is 0 Å². The fourth-order valence-corrected chi connectivity index (χ4v) is 1.49. The van der Waals surface area contributed by atoms with Crippen molar-refractivity contribution in [3.05, 3.63) is 35.4 Å². The molecule has 0 aliphatic rings. The van der Waals surface area contributed by atoms with Crippen LogP contribution in [0.5, 0.6) is 0 Å². The molecule has 0 amide bonds. The summed E-state index contributed by atoms with van der Waals surface area (Å²) in [6, 6.07) is 6.91. The van der Waals surface area contributed by atoms with Gasteiger partial charge in [0.15, 0.2) is 0 Å². The molecule has 0 heterocycles. The maximum absolute atomic E-state index is 11.2. The van der Waals surface area contributed by atoms with Crippen molar-refractivity contribution in [2.45, 2.75) is 0 Å². The van der Waals surface area contributed by atoms with Crippen molar-refractivity contribution in [2.24, 2.45) is 8.54 Å². The second kappa shape index (κ2) is 5.09. The molecular weight excluding hydrogens is 375 g/mol. The van der Waals surface area contributed by atoms with Crippen LogP contribution in [0, 0.1) is 0 Å². The third-order valence-electron chi connectivity index (χ3n) is 1.70. The zero-order valence-corrected chi connectivity index (χ0v) is 11.5. The molecule has 3 radical (unpaired) electrons. The first kappa shape index (κ1) is 11.2. The second-order valence-corrected chi connectivity index (χ2v) is 3.44. The molecule has 5 heteroatoms. The average molecular weight is 384 g/mol. The molecule has 0 atom stereocenters. The molecule has 0 unspecified atom stereocenters. The van der Waals surface area contributed by atoms with Gasteiger partial charge < -0.3 is 0 Å². The maximum atomic E-state index is 11.2. The van der Waals surface area contributed by atoms with Crippen molar-refractivity contribution in [3.63, 3.8) is 0 Å². The Balaban J connectivity index is 3.07. The van der Waals surface area contributed by atoms with Gasteiger partial charge in [-0.1, -0.05) is 0 Å². The van der Waals surface area contributed by atoms with Gasteiger partial charge in [-0.3, -0.25) is 0 Å². The van der Waals surface area contributed by atoms with Gasteiger partial charge >= 0.3 is 98.4 Å². The van der Waals surface area contributed by atoms with Crippen molar-refractivity contribution in [1.29, 1.82) is 0 Å². The number of hydrogen-bond donors (Lipinski definition) is 1. The number of ether oxygens (including phenoxy) is 1. The van der Waals surface area contributed by atoms with Crippen molar-refractivity contribution in [2.75, 3.05) is 7.11 Å². The summed E-state index contributed by atoms with van der Waals surface area (Å²) in [5.74, 6) is 0.0930. The zero-order valence-electron chi connectivity index (χ0n) is 7.65. The fourth-order valence-electron chi connectivity index (χ4n) is 0.988. The Hall–Kier alpha value is -0.918. The standard InChI is InChI=1S/C9H9N2O2.Pb/c1-13-9(12)7-4-2-3-6(5-7)8(10)11;/h2-5H,1H3,(H2-,10,11);/q-1;+1. The number of amidine groups is 1. The number of methoxy groups -OCH3 is 1. The molecule has 0 spiro atoms. The Morgan fingerprint density at radius 3 is 2.71 bits per heavy atom. The summed E-state index contributed by atoms with van der Waals surface area (Å²) in [6.07, 6.45) is 0. The van der Waals surface area contributed by atoms with E-state index in [4.69, 9.17) is 5.73 Å². The Morgan fingerprint density at radius 1 is 1.50 bits per heavy atom. The van der Waals surface area contributed by atoms with Crippen LogP contribution < -0.4 is 5.73 Å². The molecule has 71 valence electrons. The summed E-state index contributed by atoms with van der Waals surface area (Å²) in [4.78, 5) is 11.2. The molecule has 4 nitrogen and oxygen atoms in total. The number of carbonyl (C=O) groups excluding carboxylic acids is 1. The van der Waals surface area contributed by atoms with Gasteiger partial charge in [0.25, 0.3) is 0 Å². The summed E-state index contributed by atoms with van der Waals surface area (Å²) in [6.45, 7) is 0. The van der Waals surface area contributed by atoms with E-state index in [1.165, 1.54) is 7.11 Å². The van der Waals surface area contributed by atoms with Crippen LogP contribution in [-0.2, 0) is 4.74 Å². The van der Waals surface area contributed by atoms with Crippen LogP contribution in [0.15, 0.2) is 27.1 Å². The van der Waals surface area contributed by atoms with Gasteiger partial charge in [0.05, 0.1) is 0 Å². The SMILES string of the molecule is COC(=O)c1cccc(/C(N)=[N]/[Pb])c1. The number of nitrogens with two attached hydrogens (primary N) is 1. The summed E-state index contributed by atoms with van der Waals surface area (Å²) in [7, 11) is 1.35. The first-order valence-corrected chi connectivity index (χ1v) is 5.61. The van der Waals surface area contributed by atoms with Crippen molar-refractivity contribution in [3.8, 4) is 0 Å². The quantitative estimate of drug-likeness (QED) is 0.344. The summed E-state index contributed by atoms with van der Waals surface area (Å²) < 4.78 is 8.56. The molecule has 1 aromatic carbocycles. The van der Waals surface area contributed by atoms with Gasteiger partial charge in [-0.25, -0.2) is 0 Å². The van der Waals surface area contributed by atoms with E-state index >= 15 is 0 Å². The number of benzene rings is 1. The van der Waals surface area contributed by atoms with Gasteiger partial charge in [0.1, 0.15) is 0 Å². The van der Waals surface area contributed by atoms with E-state index < -0.39 is 0 Å². The van der Waals surface area contributed by atoms with Crippen LogP contribution >= 0.6 is 0 Å². The number of rotatable bonds is 2. The van der Waals surface area contributed by atoms with Crippen LogP contribution in [0.3, 0.4) is 0 Å². The average Bonchev–Trinajstić information content (AvgIpc) is 2.27. The monoisotopic (exact) mass is 385 g/mol. The van der Waals surface area contributed by atoms with Crippen LogP contribution in [0.4, 0.5) is 0 Å². The summed E-state index contributed by atoms with van der Waals surface area (Å²) >= 11 is 0.650. The van der Waals surface area contributed by atoms with Crippen LogP contribution in [-0.4, -0.2) is 45.0 Å². The van der Waals surface area contributed by atoms with Crippen LogP contribution in [0.25, 0.3) is 0 Å². The van der Waals surface area contributed by atoms with Crippen molar-refractivity contribution >= 4 is 37.9 Å². The molecule has 0 aliphatic carbocycles. The first-order valence-electron chi connectivity index (χ1n) is 3.87. The van der Waals surface area contributed by atoms with Crippen molar-refractivity contribution in [1.82, 2.24) is 0 Å². The Bertz CT molecular complexity index is 377. The van der Waals surface area contributed by atoms with E-state index in [0.717, 1.165) is 5.56 Å². The molecule has 14 heavy (non-hydrogen) atoms. The molecular formula is C9H9N2O2Pb. The van der Waals surface area contributed by atoms with Crippen molar-refractivity contribution < 1.29 is 9.53 Å². The zero-order chi connectivity index (χ0) is 10.6. The molecule has 0 saturated heterocycles. The number of hydrogen-bond acceptors (Lipinski definition) is 3. The van der Waals surface area contributed by atoms with Gasteiger partial charge in [0, 0.05) is 0 Å². The topological polar surface area (TPSA) is 64.7 Å². The molecule has 0 saturated carbocycles. The van der Waals surface area contributed by atoms with Crippen LogP contribution in [0.2, 0.25) is 0 Å². The molecule has 0 fully saturated rings. The minimum atomic E-state index is -0.368. The molecule has 0 aliphatic heterocycles. The van der Waals surface area contributed by atoms with E-state index in [1.807, 2.05) is 6.07 Å². The number of carbonyl (C=O) groups is 1. The van der Waals surface area contributed by atoms with E-state index in [0.29, 0.717) is 37.5 Å². The summed E-state index contributed by atoms with van der Waals surface area (Å²) in [5, 5.41) is 0. The normalized spacial score (nSPS) is 11.1. The molecule has 1 aromatic rings. The van der Waals surface area contributed by atoms with E-state index in [2.05, 4.69) is 7.54 Å². The molecule has 0 aromatic heterocycles. The minimum absolute atomic E-state index is 0.368. The Kier molecular flexibility index (Phi) is 4.05. The Morgan fingerprint density at radius 2 is 2.14 bits per heavy atom. The molecule has 1 rings (SSSR count). The second-order valence-electron chi connectivity index (χ2n) is 2.57. The van der Waals surface area contributed by atoms with Gasteiger partial charge in [-0.15, -0.1) is 0 Å². The van der Waals surface area contributed by atoms with E-state index in [9.17, 15) is 4.79 Å².